The highest BCUT2D eigenvalue weighted by Gasteiger charge is 1.96. The first-order valence-electron chi connectivity index (χ1n) is 3.34. The van der Waals surface area contributed by atoms with Crippen molar-refractivity contribution in [2.75, 3.05) is 0 Å². The van der Waals surface area contributed by atoms with Gasteiger partial charge in [-0.05, 0) is 25.5 Å². The van der Waals surface area contributed by atoms with Crippen molar-refractivity contribution in [3.63, 3.8) is 0 Å². The quantitative estimate of drug-likeness (QED) is 0.375. The molecule has 1 aromatic rings. The smallest absolute Gasteiger partial charge is 0.0852 e. The molecule has 0 spiro atoms. The van der Waals surface area contributed by atoms with E-state index in [4.69, 9.17) is 5.21 Å². The van der Waals surface area contributed by atoms with Crippen LogP contribution in [0.4, 0.5) is 0 Å². The van der Waals surface area contributed by atoms with Crippen LogP contribution in [-0.2, 0) is 0 Å². The number of hydrogen-bond donors (Lipinski definition) is 1. The van der Waals surface area contributed by atoms with Gasteiger partial charge in [-0.2, -0.15) is 0 Å². The van der Waals surface area contributed by atoms with Crippen molar-refractivity contribution < 1.29 is 5.21 Å². The summed E-state index contributed by atoms with van der Waals surface area (Å²) in [6.45, 7) is 3.68. The van der Waals surface area contributed by atoms with Gasteiger partial charge in [0.2, 0.25) is 0 Å². The Balaban J connectivity index is 3.06. The minimum atomic E-state index is 0.584. The van der Waals surface area contributed by atoms with Gasteiger partial charge in [0, 0.05) is 18.0 Å². The van der Waals surface area contributed by atoms with Crippen LogP contribution >= 0.6 is 0 Å². The van der Waals surface area contributed by atoms with Crippen LogP contribution in [0.5, 0.6) is 0 Å². The third-order valence-corrected chi connectivity index (χ3v) is 1.44. The molecular weight excluding hydrogens is 140 g/mol. The highest BCUT2D eigenvalue weighted by Crippen LogP contribution is 2.01. The summed E-state index contributed by atoms with van der Waals surface area (Å²) < 4.78 is 0. The molecule has 0 aliphatic carbocycles. The fourth-order valence-corrected chi connectivity index (χ4v) is 0.811. The van der Waals surface area contributed by atoms with Crippen LogP contribution in [0.25, 0.3) is 0 Å². The molecule has 0 saturated heterocycles. The molecule has 3 heteroatoms. The maximum atomic E-state index is 8.44. The molecule has 0 aromatic carbocycles. The summed E-state index contributed by atoms with van der Waals surface area (Å²) in [6.07, 6.45) is 3.43. The van der Waals surface area contributed by atoms with Crippen LogP contribution in [0.3, 0.4) is 0 Å². The lowest BCUT2D eigenvalue weighted by molar-refractivity contribution is 0.319. The lowest BCUT2D eigenvalue weighted by Crippen LogP contribution is -1.95. The maximum absolute atomic E-state index is 8.44. The third kappa shape index (κ3) is 1.77. The fraction of sp³-hybridized carbons (Fsp3) is 0.250. The van der Waals surface area contributed by atoms with Gasteiger partial charge < -0.3 is 5.21 Å². The van der Waals surface area contributed by atoms with Gasteiger partial charge in [0.15, 0.2) is 0 Å². The number of oxime groups is 1. The van der Waals surface area contributed by atoms with Gasteiger partial charge in [-0.15, -0.1) is 0 Å². The number of aromatic nitrogens is 1. The molecular formula is C8H10N2O. The Morgan fingerprint density at radius 3 is 2.82 bits per heavy atom. The first-order chi connectivity index (χ1) is 5.24. The van der Waals surface area contributed by atoms with E-state index < -0.39 is 0 Å². The second-order valence-electron chi connectivity index (χ2n) is 2.44. The van der Waals surface area contributed by atoms with Gasteiger partial charge >= 0.3 is 0 Å². The predicted molar refractivity (Wildman–Crippen MR) is 43.0 cm³/mol. The first kappa shape index (κ1) is 7.72. The molecule has 0 radical (unpaired) electrons. The minimum absolute atomic E-state index is 0.584. The lowest BCUT2D eigenvalue weighted by atomic mass is 10.1. The van der Waals surface area contributed by atoms with Crippen LogP contribution in [0, 0.1) is 6.92 Å². The molecule has 0 aliphatic rings. The van der Waals surface area contributed by atoms with E-state index >= 15 is 0 Å². The van der Waals surface area contributed by atoms with Gasteiger partial charge in [-0.3, -0.25) is 4.98 Å². The monoisotopic (exact) mass is 150 g/mol. The maximum Gasteiger partial charge on any atom is 0.0852 e. The molecule has 1 rings (SSSR count). The molecule has 0 atom stereocenters. The van der Waals surface area contributed by atoms with Gasteiger partial charge in [0.1, 0.15) is 0 Å². The molecule has 0 fully saturated rings. The Morgan fingerprint density at radius 2 is 2.27 bits per heavy atom. The van der Waals surface area contributed by atoms with Crippen molar-refractivity contribution in [3.05, 3.63) is 29.6 Å². The van der Waals surface area contributed by atoms with E-state index in [2.05, 4.69) is 10.1 Å². The number of nitrogens with zero attached hydrogens (tertiary/aromatic N) is 2. The van der Waals surface area contributed by atoms with E-state index in [1.165, 1.54) is 0 Å². The zero-order valence-electron chi connectivity index (χ0n) is 6.57. The standard InChI is InChI=1S/C8H10N2O/c1-6-3-8(5-9-4-6)7(2)10-11/h3-5,11H,1-2H3/b10-7-. The number of pyridine rings is 1. The van der Waals surface area contributed by atoms with Gasteiger partial charge in [-0.1, -0.05) is 5.16 Å². The minimum Gasteiger partial charge on any atom is -0.411 e. The Bertz CT molecular complexity index is 281. The molecule has 0 saturated carbocycles. The van der Waals surface area contributed by atoms with E-state index in [1.807, 2.05) is 13.0 Å². The summed E-state index contributed by atoms with van der Waals surface area (Å²) in [5.41, 5.74) is 2.50. The molecule has 1 aromatic heterocycles. The lowest BCUT2D eigenvalue weighted by Gasteiger charge is -1.97. The van der Waals surface area contributed by atoms with Crippen molar-refractivity contribution >= 4 is 5.71 Å². The van der Waals surface area contributed by atoms with Crippen molar-refractivity contribution in [3.8, 4) is 0 Å². The van der Waals surface area contributed by atoms with Crippen LogP contribution in [0.2, 0.25) is 0 Å². The zero-order valence-corrected chi connectivity index (χ0v) is 6.57. The Labute approximate surface area is 65.4 Å². The predicted octanol–water partition coefficient (Wildman–Crippen LogP) is 1.59. The molecule has 0 aliphatic heterocycles. The molecule has 0 bridgehead atoms. The van der Waals surface area contributed by atoms with Crippen LogP contribution in [0.1, 0.15) is 18.1 Å². The highest BCUT2D eigenvalue weighted by atomic mass is 16.4. The average molecular weight is 150 g/mol. The van der Waals surface area contributed by atoms with Crippen LogP contribution in [-0.4, -0.2) is 15.9 Å². The zero-order chi connectivity index (χ0) is 8.27. The van der Waals surface area contributed by atoms with Crippen LogP contribution < -0.4 is 0 Å². The Hall–Kier alpha value is -1.38. The molecule has 58 valence electrons. The van der Waals surface area contributed by atoms with E-state index in [-0.39, 0.29) is 0 Å². The van der Waals surface area contributed by atoms with Gasteiger partial charge in [0.25, 0.3) is 0 Å². The van der Waals surface area contributed by atoms with Crippen molar-refractivity contribution in [2.45, 2.75) is 13.8 Å². The van der Waals surface area contributed by atoms with E-state index in [1.54, 1.807) is 19.3 Å². The summed E-state index contributed by atoms with van der Waals surface area (Å²) in [4.78, 5) is 3.96. The van der Waals surface area contributed by atoms with E-state index in [0.29, 0.717) is 5.71 Å². The second kappa shape index (κ2) is 3.14. The molecule has 1 N–H and O–H groups in total. The van der Waals surface area contributed by atoms with E-state index in [0.717, 1.165) is 11.1 Å². The first-order valence-corrected chi connectivity index (χ1v) is 3.34. The molecule has 0 amide bonds. The number of aryl methyl sites for hydroxylation is 1. The molecule has 0 unspecified atom stereocenters. The molecule has 11 heavy (non-hydrogen) atoms. The summed E-state index contributed by atoms with van der Waals surface area (Å²) in [6, 6.07) is 1.92. The van der Waals surface area contributed by atoms with Crippen LogP contribution in [0.15, 0.2) is 23.6 Å². The Kier molecular flexibility index (Phi) is 2.21. The molecule has 3 nitrogen and oxygen atoms in total. The van der Waals surface area contributed by atoms with Crippen molar-refractivity contribution in [1.29, 1.82) is 0 Å². The van der Waals surface area contributed by atoms with Gasteiger partial charge in [-0.25, -0.2) is 0 Å². The fourth-order valence-electron chi connectivity index (χ4n) is 0.811. The number of hydrogen-bond acceptors (Lipinski definition) is 3. The largest absolute Gasteiger partial charge is 0.411 e. The average Bonchev–Trinajstić information content (AvgIpc) is 2.03. The third-order valence-electron chi connectivity index (χ3n) is 1.44. The Morgan fingerprint density at radius 1 is 1.55 bits per heavy atom. The molecule has 1 heterocycles. The normalized spacial score (nSPS) is 11.6. The topological polar surface area (TPSA) is 45.5 Å². The summed E-state index contributed by atoms with van der Waals surface area (Å²) in [7, 11) is 0. The SMILES string of the molecule is C/C(=N/O)c1cncc(C)c1. The highest BCUT2D eigenvalue weighted by molar-refractivity contribution is 5.98. The summed E-state index contributed by atoms with van der Waals surface area (Å²) >= 11 is 0. The summed E-state index contributed by atoms with van der Waals surface area (Å²) in [5.74, 6) is 0. The van der Waals surface area contributed by atoms with Crippen molar-refractivity contribution in [2.24, 2.45) is 5.16 Å². The van der Waals surface area contributed by atoms with E-state index in [9.17, 15) is 0 Å². The van der Waals surface area contributed by atoms with Gasteiger partial charge in [0.05, 0.1) is 5.71 Å². The van der Waals surface area contributed by atoms with Crippen molar-refractivity contribution in [1.82, 2.24) is 4.98 Å². The number of rotatable bonds is 1. The summed E-state index contributed by atoms with van der Waals surface area (Å²) in [5, 5.41) is 11.5. The second-order valence-corrected chi connectivity index (χ2v) is 2.44.